The van der Waals surface area contributed by atoms with Crippen molar-refractivity contribution in [3.05, 3.63) is 48.0 Å². The van der Waals surface area contributed by atoms with Crippen LogP contribution in [0.3, 0.4) is 0 Å². The smallest absolute Gasteiger partial charge is 0.338 e. The zero-order valence-electron chi connectivity index (χ0n) is 14.9. The molecule has 1 fully saturated rings. The van der Waals surface area contributed by atoms with Gasteiger partial charge in [-0.3, -0.25) is 0 Å². The van der Waals surface area contributed by atoms with E-state index in [-0.39, 0.29) is 5.97 Å². The summed E-state index contributed by atoms with van der Waals surface area (Å²) in [5.74, 6) is 0.674. The number of esters is 1. The number of unbranched alkanes of at least 4 members (excludes halogenated alkanes) is 6. The van der Waals surface area contributed by atoms with Gasteiger partial charge in [-0.2, -0.15) is 0 Å². The van der Waals surface area contributed by atoms with E-state index >= 15 is 0 Å². The highest BCUT2D eigenvalue weighted by Gasteiger charge is 2.10. The third kappa shape index (κ3) is 7.81. The van der Waals surface area contributed by atoms with Gasteiger partial charge < -0.3 is 4.74 Å². The first-order valence-corrected chi connectivity index (χ1v) is 9.75. The third-order valence-corrected chi connectivity index (χ3v) is 4.82. The van der Waals surface area contributed by atoms with E-state index in [9.17, 15) is 4.79 Å². The summed E-state index contributed by atoms with van der Waals surface area (Å²) >= 11 is 0. The van der Waals surface area contributed by atoms with Crippen LogP contribution in [0, 0.1) is 5.92 Å². The highest BCUT2D eigenvalue weighted by molar-refractivity contribution is 5.89. The van der Waals surface area contributed by atoms with Gasteiger partial charge in [-0.05, 0) is 50.2 Å². The fourth-order valence-corrected chi connectivity index (χ4v) is 3.33. The van der Waals surface area contributed by atoms with Crippen LogP contribution in [-0.2, 0) is 4.74 Å². The Morgan fingerprint density at radius 1 is 0.958 bits per heavy atom. The van der Waals surface area contributed by atoms with Crippen LogP contribution in [0.1, 0.15) is 81.0 Å². The number of rotatable bonds is 11. The van der Waals surface area contributed by atoms with Gasteiger partial charge in [0.1, 0.15) is 0 Å². The third-order valence-electron chi connectivity index (χ3n) is 4.82. The number of hydrogen-bond donors (Lipinski definition) is 0. The molecule has 2 heteroatoms. The second-order valence-corrected chi connectivity index (χ2v) is 6.88. The van der Waals surface area contributed by atoms with Crippen molar-refractivity contribution in [3.63, 3.8) is 0 Å². The minimum atomic E-state index is -0.204. The molecule has 0 unspecified atom stereocenters. The average Bonchev–Trinajstić information content (AvgIpc) is 3.13. The second kappa shape index (κ2) is 11.9. The van der Waals surface area contributed by atoms with Gasteiger partial charge in [-0.25, -0.2) is 4.79 Å². The number of hydrogen-bond acceptors (Lipinski definition) is 2. The SMILES string of the molecule is O=C(OCCCCCCCC/C=C/C1CCCC1)c1ccccc1. The molecule has 0 aliphatic heterocycles. The zero-order valence-corrected chi connectivity index (χ0v) is 14.9. The molecule has 2 nitrogen and oxygen atoms in total. The molecule has 0 spiro atoms. The Bertz CT molecular complexity index is 472. The first-order valence-electron chi connectivity index (χ1n) is 9.75. The lowest BCUT2D eigenvalue weighted by atomic mass is 10.1. The van der Waals surface area contributed by atoms with Gasteiger partial charge in [-0.1, -0.05) is 68.9 Å². The standard InChI is InChI=1S/C22H32O2/c23-22(21-17-9-7-10-18-21)24-19-13-6-4-2-1-3-5-8-14-20-15-11-12-16-20/h7-10,14,17-18,20H,1-6,11-13,15-16,19H2/b14-8+. The predicted molar refractivity (Wildman–Crippen MR) is 100 cm³/mol. The Kier molecular flexibility index (Phi) is 9.29. The molecule has 0 amide bonds. The van der Waals surface area contributed by atoms with Gasteiger partial charge in [-0.15, -0.1) is 0 Å². The van der Waals surface area contributed by atoms with Crippen molar-refractivity contribution in [3.8, 4) is 0 Å². The van der Waals surface area contributed by atoms with Crippen molar-refractivity contribution in [1.29, 1.82) is 0 Å². The molecule has 1 aromatic rings. The number of carbonyl (C=O) groups excluding carboxylic acids is 1. The van der Waals surface area contributed by atoms with Crippen molar-refractivity contribution < 1.29 is 9.53 Å². The maximum absolute atomic E-state index is 11.7. The summed E-state index contributed by atoms with van der Waals surface area (Å²) in [4.78, 5) is 11.7. The minimum Gasteiger partial charge on any atom is -0.462 e. The van der Waals surface area contributed by atoms with Crippen LogP contribution < -0.4 is 0 Å². The number of carbonyl (C=O) groups is 1. The van der Waals surface area contributed by atoms with E-state index in [4.69, 9.17) is 4.74 Å². The zero-order chi connectivity index (χ0) is 16.9. The molecule has 1 saturated carbocycles. The van der Waals surface area contributed by atoms with Gasteiger partial charge in [0.15, 0.2) is 0 Å². The monoisotopic (exact) mass is 328 g/mol. The van der Waals surface area contributed by atoms with E-state index in [1.165, 1.54) is 57.8 Å². The highest BCUT2D eigenvalue weighted by atomic mass is 16.5. The van der Waals surface area contributed by atoms with E-state index in [1.807, 2.05) is 18.2 Å². The lowest BCUT2D eigenvalue weighted by Crippen LogP contribution is -2.06. The first-order chi connectivity index (χ1) is 11.9. The predicted octanol–water partition coefficient (Wildman–Crippen LogP) is 6.32. The molecule has 2 rings (SSSR count). The van der Waals surface area contributed by atoms with Crippen LogP contribution in [0.25, 0.3) is 0 Å². The normalized spacial score (nSPS) is 15.2. The van der Waals surface area contributed by atoms with Crippen molar-refractivity contribution >= 4 is 5.97 Å². The number of allylic oxidation sites excluding steroid dienone is 2. The van der Waals surface area contributed by atoms with Crippen molar-refractivity contribution in [1.82, 2.24) is 0 Å². The molecule has 24 heavy (non-hydrogen) atoms. The maximum Gasteiger partial charge on any atom is 0.338 e. The van der Waals surface area contributed by atoms with Crippen LogP contribution in [-0.4, -0.2) is 12.6 Å². The summed E-state index contributed by atoms with van der Waals surface area (Å²) < 4.78 is 5.29. The quantitative estimate of drug-likeness (QED) is 0.270. The topological polar surface area (TPSA) is 26.3 Å². The molecular weight excluding hydrogens is 296 g/mol. The van der Waals surface area contributed by atoms with E-state index < -0.39 is 0 Å². The van der Waals surface area contributed by atoms with Crippen LogP contribution >= 0.6 is 0 Å². The Balaban J connectivity index is 1.37. The van der Waals surface area contributed by atoms with Crippen LogP contribution in [0.5, 0.6) is 0 Å². The van der Waals surface area contributed by atoms with Crippen molar-refractivity contribution in [2.45, 2.75) is 70.6 Å². The fourth-order valence-electron chi connectivity index (χ4n) is 3.33. The van der Waals surface area contributed by atoms with Gasteiger partial charge in [0, 0.05) is 0 Å². The van der Waals surface area contributed by atoms with Gasteiger partial charge in [0.25, 0.3) is 0 Å². The first kappa shape index (κ1) is 18.8. The lowest BCUT2D eigenvalue weighted by molar-refractivity contribution is 0.0497. The summed E-state index contributed by atoms with van der Waals surface area (Å²) in [6, 6.07) is 9.22. The maximum atomic E-state index is 11.7. The number of benzene rings is 1. The van der Waals surface area contributed by atoms with Gasteiger partial charge in [0.2, 0.25) is 0 Å². The van der Waals surface area contributed by atoms with E-state index in [1.54, 1.807) is 12.1 Å². The Labute approximate surface area is 147 Å². The Morgan fingerprint density at radius 2 is 1.62 bits per heavy atom. The molecule has 0 saturated heterocycles. The van der Waals surface area contributed by atoms with Gasteiger partial charge >= 0.3 is 5.97 Å². The minimum absolute atomic E-state index is 0.204. The summed E-state index contributed by atoms with van der Waals surface area (Å²) in [7, 11) is 0. The molecule has 0 N–H and O–H groups in total. The number of ether oxygens (including phenoxy) is 1. The van der Waals surface area contributed by atoms with Crippen LogP contribution in [0.2, 0.25) is 0 Å². The molecule has 132 valence electrons. The van der Waals surface area contributed by atoms with E-state index in [2.05, 4.69) is 12.2 Å². The summed E-state index contributed by atoms with van der Waals surface area (Å²) in [5.41, 5.74) is 0.642. The second-order valence-electron chi connectivity index (χ2n) is 6.88. The molecule has 0 radical (unpaired) electrons. The van der Waals surface area contributed by atoms with E-state index in [0.717, 1.165) is 18.8 Å². The molecule has 0 aromatic heterocycles. The highest BCUT2D eigenvalue weighted by Crippen LogP contribution is 2.25. The van der Waals surface area contributed by atoms with Crippen LogP contribution in [0.15, 0.2) is 42.5 Å². The molecule has 0 bridgehead atoms. The summed E-state index contributed by atoms with van der Waals surface area (Å²) in [5, 5.41) is 0. The molecule has 1 aliphatic carbocycles. The fraction of sp³-hybridized carbons (Fsp3) is 0.591. The molecule has 0 atom stereocenters. The summed E-state index contributed by atoms with van der Waals surface area (Å²) in [6.07, 6.45) is 19.1. The van der Waals surface area contributed by atoms with Crippen molar-refractivity contribution in [2.75, 3.05) is 6.61 Å². The van der Waals surface area contributed by atoms with Gasteiger partial charge in [0.05, 0.1) is 12.2 Å². The molecule has 1 aliphatic rings. The molecular formula is C22H32O2. The Hall–Kier alpha value is -1.57. The average molecular weight is 328 g/mol. The molecule has 0 heterocycles. The van der Waals surface area contributed by atoms with Crippen molar-refractivity contribution in [2.24, 2.45) is 5.92 Å². The lowest BCUT2D eigenvalue weighted by Gasteiger charge is -2.05. The van der Waals surface area contributed by atoms with Crippen LogP contribution in [0.4, 0.5) is 0 Å². The summed E-state index contributed by atoms with van der Waals surface area (Å²) in [6.45, 7) is 0.540. The largest absolute Gasteiger partial charge is 0.462 e. The molecule has 1 aromatic carbocycles. The Morgan fingerprint density at radius 3 is 2.38 bits per heavy atom. The van der Waals surface area contributed by atoms with E-state index in [0.29, 0.717) is 12.2 Å².